The first-order valence-corrected chi connectivity index (χ1v) is 8.74. The number of benzene rings is 1. The van der Waals surface area contributed by atoms with E-state index in [9.17, 15) is 14.4 Å². The minimum absolute atomic E-state index is 0.00972. The van der Waals surface area contributed by atoms with Gasteiger partial charge in [0, 0.05) is 20.1 Å². The summed E-state index contributed by atoms with van der Waals surface area (Å²) in [6.45, 7) is 2.77. The SMILES string of the molecule is CCCn1c(N)c(C(=O)CN(C)Cc2ccc(OC)cc2)c(=O)n(C)c1=O. The maximum atomic E-state index is 12.7. The van der Waals surface area contributed by atoms with Crippen molar-refractivity contribution in [3.05, 3.63) is 56.2 Å². The van der Waals surface area contributed by atoms with Crippen LogP contribution in [0.5, 0.6) is 5.75 Å². The molecule has 2 rings (SSSR count). The molecular weight excluding hydrogens is 348 g/mol. The number of nitrogen functional groups attached to an aromatic ring is 1. The highest BCUT2D eigenvalue weighted by molar-refractivity contribution is 6.01. The van der Waals surface area contributed by atoms with Crippen LogP contribution in [0.3, 0.4) is 0 Å². The lowest BCUT2D eigenvalue weighted by Gasteiger charge is -2.18. The Kier molecular flexibility index (Phi) is 6.57. The van der Waals surface area contributed by atoms with Crippen molar-refractivity contribution in [3.8, 4) is 5.75 Å². The van der Waals surface area contributed by atoms with Gasteiger partial charge >= 0.3 is 5.69 Å². The fraction of sp³-hybridized carbons (Fsp3) is 0.421. The number of carbonyl (C=O) groups excluding carboxylic acids is 1. The number of Topliss-reactive ketones (excluding diaryl/α,β-unsaturated/α-hetero) is 1. The van der Waals surface area contributed by atoms with Gasteiger partial charge in [-0.1, -0.05) is 19.1 Å². The zero-order valence-electron chi connectivity index (χ0n) is 16.2. The first-order chi connectivity index (χ1) is 12.8. The third kappa shape index (κ3) is 4.46. The maximum Gasteiger partial charge on any atom is 0.332 e. The summed E-state index contributed by atoms with van der Waals surface area (Å²) in [5, 5.41) is 0. The summed E-state index contributed by atoms with van der Waals surface area (Å²) < 4.78 is 7.34. The van der Waals surface area contributed by atoms with E-state index >= 15 is 0 Å². The molecule has 27 heavy (non-hydrogen) atoms. The number of anilines is 1. The summed E-state index contributed by atoms with van der Waals surface area (Å²) in [7, 11) is 4.74. The van der Waals surface area contributed by atoms with E-state index in [0.29, 0.717) is 19.5 Å². The molecule has 0 aliphatic rings. The number of rotatable bonds is 8. The van der Waals surface area contributed by atoms with E-state index in [1.807, 2.05) is 31.2 Å². The first-order valence-electron chi connectivity index (χ1n) is 8.74. The molecule has 0 aliphatic carbocycles. The van der Waals surface area contributed by atoms with Crippen LogP contribution in [-0.2, 0) is 20.1 Å². The second-order valence-electron chi connectivity index (χ2n) is 6.50. The third-order valence-corrected chi connectivity index (χ3v) is 4.33. The lowest BCUT2D eigenvalue weighted by atomic mass is 10.1. The van der Waals surface area contributed by atoms with Gasteiger partial charge in [-0.2, -0.15) is 0 Å². The molecule has 0 amide bonds. The van der Waals surface area contributed by atoms with Crippen LogP contribution in [0.25, 0.3) is 0 Å². The van der Waals surface area contributed by atoms with Crippen LogP contribution in [0.2, 0.25) is 0 Å². The molecular formula is C19H26N4O4. The molecule has 8 heteroatoms. The van der Waals surface area contributed by atoms with Crippen LogP contribution in [0.4, 0.5) is 5.82 Å². The van der Waals surface area contributed by atoms with Crippen molar-refractivity contribution in [2.75, 3.05) is 26.4 Å². The molecule has 0 bridgehead atoms. The van der Waals surface area contributed by atoms with E-state index in [2.05, 4.69) is 0 Å². The number of ketones is 1. The molecule has 1 aromatic heterocycles. The van der Waals surface area contributed by atoms with Gasteiger partial charge in [-0.05, 0) is 31.2 Å². The standard InChI is InChI=1S/C19H26N4O4/c1-5-10-23-17(20)16(18(25)22(3)19(23)26)15(24)12-21(2)11-13-6-8-14(27-4)9-7-13/h6-9H,5,10-12,20H2,1-4H3. The first kappa shape index (κ1) is 20.4. The van der Waals surface area contributed by atoms with Crippen LogP contribution in [-0.4, -0.2) is 40.5 Å². The summed E-state index contributed by atoms with van der Waals surface area (Å²) in [5.74, 6) is 0.286. The molecule has 2 aromatic rings. The van der Waals surface area contributed by atoms with Crippen LogP contribution in [0.1, 0.15) is 29.3 Å². The van der Waals surface area contributed by atoms with E-state index in [1.165, 1.54) is 11.6 Å². The average Bonchev–Trinajstić information content (AvgIpc) is 2.64. The Morgan fingerprint density at radius 1 is 1.22 bits per heavy atom. The number of methoxy groups -OCH3 is 1. The highest BCUT2D eigenvalue weighted by Gasteiger charge is 2.22. The van der Waals surface area contributed by atoms with E-state index < -0.39 is 17.0 Å². The highest BCUT2D eigenvalue weighted by atomic mass is 16.5. The van der Waals surface area contributed by atoms with Crippen LogP contribution < -0.4 is 21.7 Å². The Morgan fingerprint density at radius 2 is 1.85 bits per heavy atom. The number of nitrogens with two attached hydrogens (primary N) is 1. The van der Waals surface area contributed by atoms with Gasteiger partial charge in [0.25, 0.3) is 5.56 Å². The zero-order chi connectivity index (χ0) is 20.1. The van der Waals surface area contributed by atoms with Crippen molar-refractivity contribution in [2.24, 2.45) is 7.05 Å². The average molecular weight is 374 g/mol. The quantitative estimate of drug-likeness (QED) is 0.688. The number of hydrogen-bond donors (Lipinski definition) is 1. The van der Waals surface area contributed by atoms with Crippen molar-refractivity contribution in [3.63, 3.8) is 0 Å². The van der Waals surface area contributed by atoms with Gasteiger partial charge in [0.05, 0.1) is 13.7 Å². The minimum atomic E-state index is -0.660. The number of likely N-dealkylation sites (N-methyl/N-ethyl adjacent to an activating group) is 1. The topological polar surface area (TPSA) is 99.6 Å². The van der Waals surface area contributed by atoms with Gasteiger partial charge in [-0.25, -0.2) is 4.79 Å². The third-order valence-electron chi connectivity index (χ3n) is 4.33. The Morgan fingerprint density at radius 3 is 2.41 bits per heavy atom. The van der Waals surface area contributed by atoms with E-state index in [0.717, 1.165) is 15.9 Å². The van der Waals surface area contributed by atoms with Crippen LogP contribution in [0, 0.1) is 0 Å². The molecule has 0 radical (unpaired) electrons. The number of ether oxygens (including phenoxy) is 1. The molecule has 2 N–H and O–H groups in total. The zero-order valence-corrected chi connectivity index (χ0v) is 16.2. The van der Waals surface area contributed by atoms with Crippen LogP contribution >= 0.6 is 0 Å². The van der Waals surface area contributed by atoms with Crippen molar-refractivity contribution >= 4 is 11.6 Å². The van der Waals surface area contributed by atoms with Crippen LogP contribution in [0.15, 0.2) is 33.9 Å². The van der Waals surface area contributed by atoms with Gasteiger partial charge in [-0.3, -0.25) is 23.6 Å². The van der Waals surface area contributed by atoms with Gasteiger partial charge < -0.3 is 10.5 Å². The summed E-state index contributed by atoms with van der Waals surface area (Å²) in [5.41, 5.74) is 5.70. The molecule has 0 unspecified atom stereocenters. The van der Waals surface area contributed by atoms with Gasteiger partial charge in [-0.15, -0.1) is 0 Å². The lowest BCUT2D eigenvalue weighted by Crippen LogP contribution is -2.43. The van der Waals surface area contributed by atoms with Crippen molar-refractivity contribution < 1.29 is 9.53 Å². The molecule has 0 saturated heterocycles. The molecule has 0 fully saturated rings. The number of carbonyl (C=O) groups is 1. The van der Waals surface area contributed by atoms with E-state index in [4.69, 9.17) is 10.5 Å². The molecule has 0 aliphatic heterocycles. The Bertz CT molecular complexity index is 928. The van der Waals surface area contributed by atoms with Crippen molar-refractivity contribution in [2.45, 2.75) is 26.4 Å². The molecule has 1 aromatic carbocycles. The Hall–Kier alpha value is -2.87. The number of aromatic nitrogens is 2. The van der Waals surface area contributed by atoms with E-state index in [1.54, 1.807) is 19.1 Å². The maximum absolute atomic E-state index is 12.7. The predicted molar refractivity (Wildman–Crippen MR) is 104 cm³/mol. The van der Waals surface area contributed by atoms with Crippen molar-refractivity contribution in [1.82, 2.24) is 14.0 Å². The van der Waals surface area contributed by atoms with Gasteiger partial charge in [0.15, 0.2) is 5.78 Å². The minimum Gasteiger partial charge on any atom is -0.497 e. The smallest absolute Gasteiger partial charge is 0.332 e. The van der Waals surface area contributed by atoms with Gasteiger partial charge in [0.1, 0.15) is 17.1 Å². The fourth-order valence-corrected chi connectivity index (χ4v) is 2.91. The van der Waals surface area contributed by atoms with Gasteiger partial charge in [0.2, 0.25) is 0 Å². The summed E-state index contributed by atoms with van der Waals surface area (Å²) in [6.07, 6.45) is 0.660. The largest absolute Gasteiger partial charge is 0.497 e. The Labute approximate surface area is 157 Å². The molecule has 0 spiro atoms. The molecule has 8 nitrogen and oxygen atoms in total. The Balaban J connectivity index is 2.24. The molecule has 146 valence electrons. The second-order valence-corrected chi connectivity index (χ2v) is 6.50. The molecule has 1 heterocycles. The normalized spacial score (nSPS) is 11.0. The monoisotopic (exact) mass is 374 g/mol. The second kappa shape index (κ2) is 8.68. The lowest BCUT2D eigenvalue weighted by molar-refractivity contribution is 0.0941. The molecule has 0 saturated carbocycles. The summed E-state index contributed by atoms with van der Waals surface area (Å²) >= 11 is 0. The fourth-order valence-electron chi connectivity index (χ4n) is 2.91. The highest BCUT2D eigenvalue weighted by Crippen LogP contribution is 2.13. The summed E-state index contributed by atoms with van der Waals surface area (Å²) in [4.78, 5) is 39.2. The number of hydrogen-bond acceptors (Lipinski definition) is 6. The molecule has 0 atom stereocenters. The number of nitrogens with zero attached hydrogens (tertiary/aromatic N) is 3. The predicted octanol–water partition coefficient (Wildman–Crippen LogP) is 0.862. The van der Waals surface area contributed by atoms with E-state index in [-0.39, 0.29) is 17.9 Å². The van der Waals surface area contributed by atoms with Crippen molar-refractivity contribution in [1.29, 1.82) is 0 Å². The summed E-state index contributed by atoms with van der Waals surface area (Å²) in [6, 6.07) is 7.52.